The summed E-state index contributed by atoms with van der Waals surface area (Å²) in [5, 5.41) is 3.31. The lowest BCUT2D eigenvalue weighted by atomic mass is 9.94. The summed E-state index contributed by atoms with van der Waals surface area (Å²) in [5.41, 5.74) is -1.37. The van der Waals surface area contributed by atoms with Crippen LogP contribution in [0.3, 0.4) is 0 Å². The second kappa shape index (κ2) is 7.48. The molecule has 0 saturated heterocycles. The Morgan fingerprint density at radius 3 is 1.16 bits per heavy atom. The maximum absolute atomic E-state index is 12.3. The minimum atomic E-state index is -2.21. The second-order valence-electron chi connectivity index (χ2n) is 4.46. The topological polar surface area (TPSA) is 12.0 Å². The van der Waals surface area contributed by atoms with E-state index in [0.717, 1.165) is 0 Å². The molecule has 0 aliphatic rings. The molecule has 0 amide bonds. The highest BCUT2D eigenvalue weighted by molar-refractivity contribution is 6.32. The Kier molecular flexibility index (Phi) is 7.04. The Labute approximate surface area is 110 Å². The van der Waals surface area contributed by atoms with Gasteiger partial charge in [0.15, 0.2) is 29.1 Å². The van der Waals surface area contributed by atoms with Crippen molar-refractivity contribution < 1.29 is 22.0 Å². The van der Waals surface area contributed by atoms with E-state index in [1.807, 2.05) is 0 Å². The van der Waals surface area contributed by atoms with Gasteiger partial charge in [0.1, 0.15) is 7.85 Å². The number of benzene rings is 1. The van der Waals surface area contributed by atoms with Gasteiger partial charge in [-0.25, -0.2) is 22.0 Å². The second-order valence-corrected chi connectivity index (χ2v) is 4.46. The van der Waals surface area contributed by atoms with E-state index in [2.05, 4.69) is 40.9 Å². The predicted octanol–water partition coefficient (Wildman–Crippen LogP) is 2.57. The van der Waals surface area contributed by atoms with Crippen molar-refractivity contribution in [3.63, 3.8) is 0 Å². The third-order valence-electron chi connectivity index (χ3n) is 1.91. The smallest absolute Gasteiger partial charge is 0.200 e. The average molecular weight is 279 g/mol. The summed E-state index contributed by atoms with van der Waals surface area (Å²) in [4.78, 5) is 0. The van der Waals surface area contributed by atoms with Crippen LogP contribution in [0.5, 0.6) is 0 Å². The molecule has 1 aromatic carbocycles. The molecule has 106 valence electrons. The van der Waals surface area contributed by atoms with Crippen molar-refractivity contribution in [1.29, 1.82) is 0 Å². The Bertz CT molecular complexity index is 324. The number of rotatable bonds is 2. The monoisotopic (exact) mass is 279 g/mol. The fourth-order valence-corrected chi connectivity index (χ4v) is 1.29. The fraction of sp³-hybridized carbons (Fsp3) is 0.500. The van der Waals surface area contributed by atoms with Crippen molar-refractivity contribution in [2.75, 3.05) is 0 Å². The van der Waals surface area contributed by atoms with Gasteiger partial charge in [-0.3, -0.25) is 0 Å². The van der Waals surface area contributed by atoms with Crippen LogP contribution in [0.25, 0.3) is 0 Å². The Morgan fingerprint density at radius 2 is 0.947 bits per heavy atom. The molecule has 0 bridgehead atoms. The molecule has 0 aliphatic carbocycles. The van der Waals surface area contributed by atoms with Crippen LogP contribution in [-0.2, 0) is 0 Å². The first-order valence-corrected chi connectivity index (χ1v) is 5.62. The van der Waals surface area contributed by atoms with E-state index in [1.165, 1.54) is 0 Å². The molecule has 0 atom stereocenters. The zero-order valence-corrected chi connectivity index (χ0v) is 11.1. The average Bonchev–Trinajstić information content (AvgIpc) is 2.30. The van der Waals surface area contributed by atoms with Gasteiger partial charge in [-0.2, -0.15) is 0 Å². The van der Waals surface area contributed by atoms with Crippen molar-refractivity contribution in [2.24, 2.45) is 0 Å². The molecule has 1 nitrogen and oxygen atoms in total. The van der Waals surface area contributed by atoms with Crippen molar-refractivity contribution >= 4 is 13.3 Å². The number of hydrogen-bond donors (Lipinski definition) is 1. The first-order chi connectivity index (χ1) is 8.59. The van der Waals surface area contributed by atoms with Crippen LogP contribution in [0, 0.1) is 29.1 Å². The van der Waals surface area contributed by atoms with Gasteiger partial charge in [0, 0.05) is 12.1 Å². The summed E-state index contributed by atoms with van der Waals surface area (Å²) >= 11 is 0. The Hall–Kier alpha value is -1.11. The summed E-state index contributed by atoms with van der Waals surface area (Å²) < 4.78 is 61.1. The summed E-state index contributed by atoms with van der Waals surface area (Å²) in [6.07, 6.45) is 0. The summed E-state index contributed by atoms with van der Waals surface area (Å²) in [6, 6.07) is 1.25. The maximum Gasteiger partial charge on any atom is 0.200 e. The van der Waals surface area contributed by atoms with Gasteiger partial charge in [0.05, 0.1) is 0 Å². The molecule has 19 heavy (non-hydrogen) atoms. The van der Waals surface area contributed by atoms with Gasteiger partial charge >= 0.3 is 0 Å². The van der Waals surface area contributed by atoms with Crippen LogP contribution in [-0.4, -0.2) is 19.9 Å². The highest BCUT2D eigenvalue weighted by Crippen LogP contribution is 2.14. The molecule has 0 spiro atoms. The summed E-state index contributed by atoms with van der Waals surface area (Å²) in [7, 11) is 4.56. The normalized spacial score (nSPS) is 10.7. The first kappa shape index (κ1) is 17.9. The molecule has 0 saturated carbocycles. The minimum Gasteiger partial charge on any atom is -0.312 e. The zero-order chi connectivity index (χ0) is 15.3. The van der Waals surface area contributed by atoms with E-state index < -0.39 is 34.5 Å². The van der Waals surface area contributed by atoms with Gasteiger partial charge in [0.2, 0.25) is 0 Å². The molecule has 7 heteroatoms. The highest BCUT2D eigenvalue weighted by Gasteiger charge is 2.22. The molecule has 0 unspecified atom stereocenters. The molecule has 2 radical (unpaired) electrons. The number of halogens is 5. The Morgan fingerprint density at radius 1 is 0.684 bits per heavy atom. The van der Waals surface area contributed by atoms with Gasteiger partial charge < -0.3 is 5.32 Å². The zero-order valence-electron chi connectivity index (χ0n) is 11.1. The van der Waals surface area contributed by atoms with Crippen LogP contribution in [0.2, 0.25) is 0 Å². The third kappa shape index (κ3) is 5.18. The van der Waals surface area contributed by atoms with Crippen molar-refractivity contribution in [2.45, 2.75) is 39.8 Å². The summed E-state index contributed by atoms with van der Waals surface area (Å²) in [6.45, 7) is 8.61. The predicted molar refractivity (Wildman–Crippen MR) is 65.0 cm³/mol. The standard InChI is InChI=1S/C6BF5.C6H15N/c7-1-2(8)4(10)6(12)5(11)3(1)9;1-5(2)7-6(3)4/h;5-7H,1-4H3. The van der Waals surface area contributed by atoms with Crippen LogP contribution in [0.15, 0.2) is 0 Å². The first-order valence-electron chi connectivity index (χ1n) is 5.62. The van der Waals surface area contributed by atoms with Crippen molar-refractivity contribution in [1.82, 2.24) is 5.32 Å². The highest BCUT2D eigenvalue weighted by atomic mass is 19.2. The molecular formula is C12H15BF5N. The molecule has 0 fully saturated rings. The van der Waals surface area contributed by atoms with Crippen LogP contribution in [0.4, 0.5) is 22.0 Å². The third-order valence-corrected chi connectivity index (χ3v) is 1.91. The maximum atomic E-state index is 12.3. The van der Waals surface area contributed by atoms with E-state index in [0.29, 0.717) is 12.1 Å². The lowest BCUT2D eigenvalue weighted by Crippen LogP contribution is -2.29. The molecule has 1 N–H and O–H groups in total. The van der Waals surface area contributed by atoms with E-state index >= 15 is 0 Å². The van der Waals surface area contributed by atoms with E-state index in [-0.39, 0.29) is 0 Å². The SMILES string of the molecule is CC(C)NC(C)C.[B]c1c(F)c(F)c(F)c(F)c1F. The largest absolute Gasteiger partial charge is 0.312 e. The molecular weight excluding hydrogens is 264 g/mol. The summed E-state index contributed by atoms with van der Waals surface area (Å²) in [5.74, 6) is -10.3. The quantitative estimate of drug-likeness (QED) is 0.380. The van der Waals surface area contributed by atoms with Gasteiger partial charge in [-0.1, -0.05) is 27.7 Å². The molecule has 0 aliphatic heterocycles. The Balaban J connectivity index is 0.000000399. The molecule has 1 rings (SSSR count). The van der Waals surface area contributed by atoms with Crippen molar-refractivity contribution in [3.8, 4) is 0 Å². The molecule has 1 aromatic rings. The molecule has 0 heterocycles. The van der Waals surface area contributed by atoms with E-state index in [9.17, 15) is 22.0 Å². The van der Waals surface area contributed by atoms with Crippen molar-refractivity contribution in [3.05, 3.63) is 29.1 Å². The lowest BCUT2D eigenvalue weighted by molar-refractivity contribution is 0.384. The lowest BCUT2D eigenvalue weighted by Gasteiger charge is -2.10. The van der Waals surface area contributed by atoms with Gasteiger partial charge in [0.25, 0.3) is 0 Å². The van der Waals surface area contributed by atoms with Gasteiger partial charge in [-0.15, -0.1) is 0 Å². The number of nitrogens with one attached hydrogen (secondary N) is 1. The van der Waals surface area contributed by atoms with Gasteiger partial charge in [-0.05, 0) is 5.46 Å². The number of hydrogen-bond acceptors (Lipinski definition) is 1. The fourth-order valence-electron chi connectivity index (χ4n) is 1.29. The van der Waals surface area contributed by atoms with E-state index in [1.54, 1.807) is 0 Å². The molecule has 0 aromatic heterocycles. The van der Waals surface area contributed by atoms with E-state index in [4.69, 9.17) is 0 Å². The minimum absolute atomic E-state index is 0.625. The van der Waals surface area contributed by atoms with Crippen LogP contribution >= 0.6 is 0 Å². The van der Waals surface area contributed by atoms with Crippen LogP contribution in [0.1, 0.15) is 27.7 Å². The van der Waals surface area contributed by atoms with Crippen LogP contribution < -0.4 is 10.8 Å².